The number of sulfonamides is 1. The van der Waals surface area contributed by atoms with Crippen molar-refractivity contribution in [1.29, 1.82) is 0 Å². The number of anilines is 2. The Kier molecular flexibility index (Phi) is 6.53. The van der Waals surface area contributed by atoms with E-state index in [2.05, 4.69) is 5.32 Å². The minimum Gasteiger partial charge on any atom is -0.396 e. The van der Waals surface area contributed by atoms with E-state index in [0.29, 0.717) is 23.7 Å². The highest BCUT2D eigenvalue weighted by Gasteiger charge is 2.34. The summed E-state index contributed by atoms with van der Waals surface area (Å²) in [5.74, 6) is -0.301. The zero-order valence-electron chi connectivity index (χ0n) is 18.7. The minimum atomic E-state index is -3.89. The van der Waals surface area contributed by atoms with Crippen LogP contribution >= 0.6 is 23.2 Å². The Morgan fingerprint density at radius 2 is 1.74 bits per heavy atom. The van der Waals surface area contributed by atoms with Crippen LogP contribution in [0.2, 0.25) is 10.0 Å². The molecule has 0 unspecified atom stereocenters. The molecule has 0 radical (unpaired) electrons. The Morgan fingerprint density at radius 3 is 2.43 bits per heavy atom. The summed E-state index contributed by atoms with van der Waals surface area (Å²) in [4.78, 5) is 13.1. The Bertz CT molecular complexity index is 1390. The number of rotatable bonds is 6. The van der Waals surface area contributed by atoms with E-state index < -0.39 is 15.9 Å². The molecular formula is C26H24Cl2N2O4S. The number of hydrogen-bond acceptors (Lipinski definition) is 4. The Morgan fingerprint density at radius 1 is 1.03 bits per heavy atom. The van der Waals surface area contributed by atoms with Crippen molar-refractivity contribution in [1.82, 2.24) is 0 Å². The van der Waals surface area contributed by atoms with Gasteiger partial charge in [0.1, 0.15) is 0 Å². The van der Waals surface area contributed by atoms with Gasteiger partial charge in [-0.2, -0.15) is 0 Å². The van der Waals surface area contributed by atoms with Gasteiger partial charge in [-0.15, -0.1) is 0 Å². The standard InChI is InChI=1S/C26H24Cl2N2O4S/c27-22-5-2-6-23(28)25(22)26(32)29-20-10-9-19-11-16(15-31)14-30(24(19)13-20)35(33,34)21-4-1-3-18(12-21)17-7-8-17/h1-6,9-10,12-13,16-17,31H,7-8,11,14-15H2,(H,29,32)/t16-/m1/s1. The van der Waals surface area contributed by atoms with Crippen LogP contribution < -0.4 is 9.62 Å². The molecule has 0 saturated heterocycles. The zero-order valence-corrected chi connectivity index (χ0v) is 21.1. The summed E-state index contributed by atoms with van der Waals surface area (Å²) in [6.07, 6.45) is 2.67. The van der Waals surface area contributed by atoms with Crippen LogP contribution in [0.1, 0.15) is 40.2 Å². The summed E-state index contributed by atoms with van der Waals surface area (Å²) in [5, 5.41) is 13.1. The van der Waals surface area contributed by atoms with Gasteiger partial charge in [-0.25, -0.2) is 8.42 Å². The van der Waals surface area contributed by atoms with Crippen LogP contribution in [0.25, 0.3) is 0 Å². The van der Waals surface area contributed by atoms with Crippen LogP contribution in [0.5, 0.6) is 0 Å². The summed E-state index contributed by atoms with van der Waals surface area (Å²) in [6.45, 7) is 0.0182. The van der Waals surface area contributed by atoms with Gasteiger partial charge in [-0.05, 0) is 72.7 Å². The fourth-order valence-corrected chi connectivity index (χ4v) is 6.68. The number of halogens is 2. The second-order valence-corrected chi connectivity index (χ2v) is 11.7. The number of nitrogens with zero attached hydrogens (tertiary/aromatic N) is 1. The average Bonchev–Trinajstić information content (AvgIpc) is 3.69. The maximum atomic E-state index is 13.8. The van der Waals surface area contributed by atoms with Gasteiger partial charge in [-0.3, -0.25) is 9.10 Å². The van der Waals surface area contributed by atoms with Crippen molar-refractivity contribution in [2.75, 3.05) is 22.8 Å². The molecule has 1 aliphatic carbocycles. The number of benzene rings is 3. The molecule has 1 aliphatic heterocycles. The molecule has 182 valence electrons. The number of fused-ring (bicyclic) bond motifs is 1. The highest BCUT2D eigenvalue weighted by Crippen LogP contribution is 2.42. The van der Waals surface area contributed by atoms with Crippen molar-refractivity contribution in [2.24, 2.45) is 5.92 Å². The van der Waals surface area contributed by atoms with E-state index in [0.717, 1.165) is 24.0 Å². The normalized spacial score (nSPS) is 17.7. The Hall–Kier alpha value is -2.58. The molecule has 1 atom stereocenters. The third-order valence-corrected chi connectivity index (χ3v) is 8.89. The van der Waals surface area contributed by atoms with E-state index in [1.54, 1.807) is 54.6 Å². The van der Waals surface area contributed by atoms with E-state index in [1.807, 2.05) is 6.07 Å². The monoisotopic (exact) mass is 530 g/mol. The third-order valence-electron chi connectivity index (χ3n) is 6.49. The van der Waals surface area contributed by atoms with Gasteiger partial charge in [-0.1, -0.05) is 47.5 Å². The number of amides is 1. The van der Waals surface area contributed by atoms with Gasteiger partial charge in [0.15, 0.2) is 0 Å². The molecule has 1 fully saturated rings. The molecule has 1 heterocycles. The summed E-state index contributed by atoms with van der Waals surface area (Å²) >= 11 is 12.3. The van der Waals surface area contributed by atoms with Crippen molar-refractivity contribution in [3.05, 3.63) is 87.4 Å². The summed E-state index contributed by atoms with van der Waals surface area (Å²) in [6, 6.07) is 17.0. The molecule has 35 heavy (non-hydrogen) atoms. The van der Waals surface area contributed by atoms with Crippen molar-refractivity contribution < 1.29 is 18.3 Å². The molecular weight excluding hydrogens is 507 g/mol. The lowest BCUT2D eigenvalue weighted by Crippen LogP contribution is -2.41. The molecule has 1 saturated carbocycles. The Labute approximate surface area is 214 Å². The quantitative estimate of drug-likeness (QED) is 0.441. The number of carbonyl (C=O) groups excluding carboxylic acids is 1. The molecule has 0 spiro atoms. The number of aliphatic hydroxyl groups is 1. The van der Waals surface area contributed by atoms with E-state index in [-0.39, 0.29) is 39.6 Å². The second kappa shape index (κ2) is 9.47. The first-order chi connectivity index (χ1) is 16.8. The van der Waals surface area contributed by atoms with Gasteiger partial charge in [0.05, 0.1) is 26.2 Å². The van der Waals surface area contributed by atoms with Gasteiger partial charge < -0.3 is 10.4 Å². The number of nitrogens with one attached hydrogen (secondary N) is 1. The fraction of sp³-hybridized carbons (Fsp3) is 0.269. The first-order valence-corrected chi connectivity index (χ1v) is 13.6. The smallest absolute Gasteiger partial charge is 0.264 e. The van der Waals surface area contributed by atoms with E-state index >= 15 is 0 Å². The summed E-state index contributed by atoms with van der Waals surface area (Å²) < 4.78 is 28.9. The molecule has 3 aromatic rings. The van der Waals surface area contributed by atoms with E-state index in [9.17, 15) is 18.3 Å². The molecule has 2 aliphatic rings. The average molecular weight is 531 g/mol. The molecule has 9 heteroatoms. The molecule has 6 nitrogen and oxygen atoms in total. The molecule has 3 aromatic carbocycles. The van der Waals surface area contributed by atoms with Crippen LogP contribution in [-0.2, 0) is 16.4 Å². The first-order valence-electron chi connectivity index (χ1n) is 11.4. The predicted octanol–water partition coefficient (Wildman–Crippen LogP) is 5.48. The lowest BCUT2D eigenvalue weighted by molar-refractivity contribution is 0.102. The second-order valence-electron chi connectivity index (χ2n) is 9.03. The lowest BCUT2D eigenvalue weighted by Gasteiger charge is -2.35. The van der Waals surface area contributed by atoms with Gasteiger partial charge in [0, 0.05) is 24.8 Å². The largest absolute Gasteiger partial charge is 0.396 e. The summed E-state index contributed by atoms with van der Waals surface area (Å²) in [7, 11) is -3.89. The van der Waals surface area contributed by atoms with Gasteiger partial charge in [0.25, 0.3) is 15.9 Å². The number of aliphatic hydroxyl groups excluding tert-OH is 1. The van der Waals surface area contributed by atoms with E-state index in [1.165, 1.54) is 4.31 Å². The zero-order chi connectivity index (χ0) is 24.7. The highest BCUT2D eigenvalue weighted by atomic mass is 35.5. The lowest BCUT2D eigenvalue weighted by atomic mass is 9.94. The molecule has 0 bridgehead atoms. The SMILES string of the molecule is O=C(Nc1ccc2c(c1)N(S(=O)(=O)c1cccc(C3CC3)c1)C[C@H](CO)C2)c1c(Cl)cccc1Cl. The van der Waals surface area contributed by atoms with Crippen molar-refractivity contribution in [3.8, 4) is 0 Å². The van der Waals surface area contributed by atoms with Crippen LogP contribution in [0, 0.1) is 5.92 Å². The molecule has 5 rings (SSSR count). The van der Waals surface area contributed by atoms with Crippen molar-refractivity contribution in [2.45, 2.75) is 30.1 Å². The predicted molar refractivity (Wildman–Crippen MR) is 138 cm³/mol. The fourth-order valence-electron chi connectivity index (χ4n) is 4.49. The maximum absolute atomic E-state index is 13.8. The molecule has 1 amide bonds. The third kappa shape index (κ3) is 4.78. The number of hydrogen-bond donors (Lipinski definition) is 2. The van der Waals surface area contributed by atoms with Crippen LogP contribution in [0.4, 0.5) is 11.4 Å². The van der Waals surface area contributed by atoms with E-state index in [4.69, 9.17) is 23.2 Å². The van der Waals surface area contributed by atoms with Crippen molar-refractivity contribution >= 4 is 50.5 Å². The van der Waals surface area contributed by atoms with Crippen LogP contribution in [0.15, 0.2) is 65.6 Å². The maximum Gasteiger partial charge on any atom is 0.264 e. The summed E-state index contributed by atoms with van der Waals surface area (Å²) in [5.41, 5.74) is 2.86. The van der Waals surface area contributed by atoms with Gasteiger partial charge in [0.2, 0.25) is 0 Å². The Balaban J connectivity index is 1.51. The topological polar surface area (TPSA) is 86.7 Å². The van der Waals surface area contributed by atoms with Crippen LogP contribution in [0.3, 0.4) is 0 Å². The first kappa shape index (κ1) is 24.1. The highest BCUT2D eigenvalue weighted by molar-refractivity contribution is 7.92. The van der Waals surface area contributed by atoms with Crippen molar-refractivity contribution in [3.63, 3.8) is 0 Å². The number of carbonyl (C=O) groups is 1. The molecule has 0 aromatic heterocycles. The van der Waals surface area contributed by atoms with Crippen LogP contribution in [-0.4, -0.2) is 32.6 Å². The minimum absolute atomic E-state index is 0.128. The van der Waals surface area contributed by atoms with Gasteiger partial charge >= 0.3 is 0 Å². The molecule has 2 N–H and O–H groups in total.